The molecule has 0 radical (unpaired) electrons. The minimum absolute atomic E-state index is 0.0749. The lowest BCUT2D eigenvalue weighted by Gasteiger charge is -2.31. The zero-order chi connectivity index (χ0) is 22.4. The zero-order valence-corrected chi connectivity index (χ0v) is 17.9. The van der Waals surface area contributed by atoms with Crippen LogP contribution in [-0.2, 0) is 6.18 Å². The summed E-state index contributed by atoms with van der Waals surface area (Å²) < 4.78 is 78.3. The van der Waals surface area contributed by atoms with E-state index in [9.17, 15) is 26.3 Å². The summed E-state index contributed by atoms with van der Waals surface area (Å²) in [6, 6.07) is 1.74. The van der Waals surface area contributed by atoms with E-state index in [0.717, 1.165) is 50.2 Å². The van der Waals surface area contributed by atoms with Gasteiger partial charge in [0.25, 0.3) is 0 Å². The first kappa shape index (κ1) is 24.2. The highest BCUT2D eigenvalue weighted by molar-refractivity contribution is 5.30. The third kappa shape index (κ3) is 6.76. The molecule has 0 aliphatic heterocycles. The molecule has 0 N–H and O–H groups in total. The maximum Gasteiger partial charge on any atom is 0.422 e. The van der Waals surface area contributed by atoms with Gasteiger partial charge in [-0.1, -0.05) is 25.0 Å². The Kier molecular flexibility index (Phi) is 8.51. The lowest BCUT2D eigenvalue weighted by atomic mass is 9.74. The lowest BCUT2D eigenvalue weighted by Crippen LogP contribution is -2.18. The molecule has 1 aromatic carbocycles. The van der Waals surface area contributed by atoms with E-state index in [4.69, 9.17) is 0 Å². The molecule has 2 aliphatic rings. The molecule has 0 spiro atoms. The summed E-state index contributed by atoms with van der Waals surface area (Å²) in [6.07, 6.45) is 10.2. The fraction of sp³-hybridized carbons (Fsp3) is 0.680. The summed E-state index contributed by atoms with van der Waals surface area (Å²) in [5.41, 5.74) is -1.45. The summed E-state index contributed by atoms with van der Waals surface area (Å²) in [4.78, 5) is 0. The molecule has 0 saturated heterocycles. The fourth-order valence-electron chi connectivity index (χ4n) is 5.38. The molecule has 1 aromatic rings. The van der Waals surface area contributed by atoms with Crippen LogP contribution >= 0.6 is 0 Å². The summed E-state index contributed by atoms with van der Waals surface area (Å²) in [5, 5.41) is 0. The Labute approximate surface area is 181 Å². The standard InChI is InChI=1S/C25H32F6/c26-14-2-1-3-17-4-6-18(7-5-17)8-9-19-10-12-20(13-11-19)21-15-22(27)24(23(28)16-21)25(29,30)31/h1,3,15-20H,2,4-14H2/b3-1+/t17-,18-,19?,20?. The van der Waals surface area contributed by atoms with Gasteiger partial charge >= 0.3 is 6.18 Å². The molecule has 0 nitrogen and oxygen atoms in total. The molecule has 174 valence electrons. The van der Waals surface area contributed by atoms with Crippen LogP contribution in [0.2, 0.25) is 0 Å². The maximum absolute atomic E-state index is 13.9. The average Bonchev–Trinajstić information content (AvgIpc) is 2.72. The second-order valence-corrected chi connectivity index (χ2v) is 9.34. The van der Waals surface area contributed by atoms with Gasteiger partial charge < -0.3 is 0 Å². The molecule has 6 heteroatoms. The molecular weight excluding hydrogens is 414 g/mol. The Morgan fingerprint density at radius 3 is 1.81 bits per heavy atom. The van der Waals surface area contributed by atoms with Crippen molar-refractivity contribution < 1.29 is 26.3 Å². The van der Waals surface area contributed by atoms with Crippen molar-refractivity contribution in [2.45, 2.75) is 82.7 Å². The minimum Gasteiger partial charge on any atom is -0.251 e. The Morgan fingerprint density at radius 2 is 1.32 bits per heavy atom. The summed E-state index contributed by atoms with van der Waals surface area (Å²) in [7, 11) is 0. The van der Waals surface area contributed by atoms with E-state index in [0.29, 0.717) is 23.8 Å². The summed E-state index contributed by atoms with van der Waals surface area (Å²) >= 11 is 0. The molecule has 31 heavy (non-hydrogen) atoms. The molecule has 0 heterocycles. The van der Waals surface area contributed by atoms with E-state index in [2.05, 4.69) is 6.08 Å². The van der Waals surface area contributed by atoms with Gasteiger partial charge in [-0.25, -0.2) is 8.78 Å². The molecule has 0 atom stereocenters. The smallest absolute Gasteiger partial charge is 0.251 e. The van der Waals surface area contributed by atoms with Crippen LogP contribution in [0.5, 0.6) is 0 Å². The van der Waals surface area contributed by atoms with E-state index in [1.165, 1.54) is 32.1 Å². The number of hydrogen-bond acceptors (Lipinski definition) is 0. The highest BCUT2D eigenvalue weighted by Gasteiger charge is 2.38. The zero-order valence-electron chi connectivity index (χ0n) is 17.9. The van der Waals surface area contributed by atoms with Crippen molar-refractivity contribution in [1.29, 1.82) is 0 Å². The summed E-state index contributed by atoms with van der Waals surface area (Å²) in [6.45, 7) is -0.295. The highest BCUT2D eigenvalue weighted by Crippen LogP contribution is 2.42. The van der Waals surface area contributed by atoms with Crippen LogP contribution in [0.3, 0.4) is 0 Å². The van der Waals surface area contributed by atoms with E-state index < -0.39 is 23.4 Å². The van der Waals surface area contributed by atoms with Crippen LogP contribution in [-0.4, -0.2) is 6.67 Å². The fourth-order valence-corrected chi connectivity index (χ4v) is 5.38. The van der Waals surface area contributed by atoms with Crippen molar-refractivity contribution >= 4 is 0 Å². The van der Waals surface area contributed by atoms with Gasteiger partial charge in [-0.05, 0) is 99.2 Å². The third-order valence-corrected chi connectivity index (χ3v) is 7.22. The molecule has 0 amide bonds. The Hall–Kier alpha value is -1.46. The predicted molar refractivity (Wildman–Crippen MR) is 110 cm³/mol. The molecule has 2 saturated carbocycles. The number of allylic oxidation sites excluding steroid dienone is 2. The van der Waals surface area contributed by atoms with Gasteiger partial charge in [0, 0.05) is 0 Å². The van der Waals surface area contributed by atoms with E-state index in [1.807, 2.05) is 6.08 Å². The van der Waals surface area contributed by atoms with Gasteiger partial charge in [0.05, 0.1) is 6.67 Å². The molecular formula is C25H32F6. The molecule has 0 aromatic heterocycles. The summed E-state index contributed by atoms with van der Waals surface area (Å²) in [5.74, 6) is -1.19. The number of rotatable bonds is 7. The van der Waals surface area contributed by atoms with E-state index >= 15 is 0 Å². The first-order valence-electron chi connectivity index (χ1n) is 11.6. The Morgan fingerprint density at radius 1 is 0.806 bits per heavy atom. The van der Waals surface area contributed by atoms with Crippen LogP contribution in [0.15, 0.2) is 24.3 Å². The van der Waals surface area contributed by atoms with Crippen LogP contribution in [0, 0.1) is 29.4 Å². The van der Waals surface area contributed by atoms with Crippen molar-refractivity contribution in [2.24, 2.45) is 17.8 Å². The topological polar surface area (TPSA) is 0 Å². The minimum atomic E-state index is -5.02. The Bertz CT molecular complexity index is 699. The number of hydrogen-bond donors (Lipinski definition) is 0. The average molecular weight is 447 g/mol. The first-order chi connectivity index (χ1) is 14.8. The Balaban J connectivity index is 1.43. The van der Waals surface area contributed by atoms with Crippen molar-refractivity contribution in [2.75, 3.05) is 6.67 Å². The lowest BCUT2D eigenvalue weighted by molar-refractivity contribution is -0.142. The van der Waals surface area contributed by atoms with Gasteiger partial charge in [-0.3, -0.25) is 4.39 Å². The number of alkyl halides is 4. The first-order valence-corrected chi connectivity index (χ1v) is 11.6. The number of benzene rings is 1. The van der Waals surface area contributed by atoms with Crippen molar-refractivity contribution in [1.82, 2.24) is 0 Å². The van der Waals surface area contributed by atoms with Gasteiger partial charge in [-0.15, -0.1) is 0 Å². The van der Waals surface area contributed by atoms with Crippen LogP contribution in [0.1, 0.15) is 87.7 Å². The predicted octanol–water partition coefficient (Wildman–Crippen LogP) is 8.76. The highest BCUT2D eigenvalue weighted by atomic mass is 19.4. The van der Waals surface area contributed by atoms with Gasteiger partial charge in [0.15, 0.2) is 0 Å². The van der Waals surface area contributed by atoms with Gasteiger partial charge in [0.1, 0.15) is 17.2 Å². The van der Waals surface area contributed by atoms with Crippen LogP contribution < -0.4 is 0 Å². The van der Waals surface area contributed by atoms with Crippen molar-refractivity contribution in [3.63, 3.8) is 0 Å². The van der Waals surface area contributed by atoms with Gasteiger partial charge in [0.2, 0.25) is 0 Å². The van der Waals surface area contributed by atoms with Crippen molar-refractivity contribution in [3.05, 3.63) is 47.0 Å². The molecule has 0 unspecified atom stereocenters. The monoisotopic (exact) mass is 446 g/mol. The molecule has 3 rings (SSSR count). The van der Waals surface area contributed by atoms with Crippen LogP contribution in [0.25, 0.3) is 0 Å². The SMILES string of the molecule is FCC/C=C/[C@H]1CC[C@H](CCC2CCC(c3cc(F)c(C(F)(F)F)c(F)c3)CC2)CC1. The van der Waals surface area contributed by atoms with Gasteiger partial charge in [-0.2, -0.15) is 13.2 Å². The molecule has 0 bridgehead atoms. The molecule has 2 fully saturated rings. The van der Waals surface area contributed by atoms with Crippen molar-refractivity contribution in [3.8, 4) is 0 Å². The van der Waals surface area contributed by atoms with Crippen LogP contribution in [0.4, 0.5) is 26.3 Å². The number of halogens is 6. The quantitative estimate of drug-likeness (QED) is 0.290. The second kappa shape index (κ2) is 10.9. The second-order valence-electron chi connectivity index (χ2n) is 9.34. The normalized spacial score (nSPS) is 27.7. The third-order valence-electron chi connectivity index (χ3n) is 7.22. The maximum atomic E-state index is 13.9. The largest absolute Gasteiger partial charge is 0.422 e. The van der Waals surface area contributed by atoms with E-state index in [-0.39, 0.29) is 12.6 Å². The van der Waals surface area contributed by atoms with E-state index in [1.54, 1.807) is 0 Å². The molecule has 2 aliphatic carbocycles.